The zero-order chi connectivity index (χ0) is 9.14. The van der Waals surface area contributed by atoms with Crippen molar-refractivity contribution in [2.24, 2.45) is 0 Å². The molecule has 79 valence electrons. The van der Waals surface area contributed by atoms with Crippen molar-refractivity contribution < 1.29 is 36.9 Å². The summed E-state index contributed by atoms with van der Waals surface area (Å²) in [5.74, 6) is -2.40. The quantitative estimate of drug-likeness (QED) is 0.762. The number of hydrogen-bond acceptors (Lipinski definition) is 3. The monoisotopic (exact) mass is 244 g/mol. The summed E-state index contributed by atoms with van der Waals surface area (Å²) >= 11 is 0. The van der Waals surface area contributed by atoms with Crippen LogP contribution in [0.4, 0.5) is 0 Å². The molecule has 0 fully saturated rings. The number of carboxylic acid groups (broad SMARTS) is 2. The number of carbonyl (C=O) groups is 2. The van der Waals surface area contributed by atoms with E-state index in [9.17, 15) is 14.7 Å². The van der Waals surface area contributed by atoms with E-state index in [2.05, 4.69) is 0 Å². The molecule has 14 heavy (non-hydrogen) atoms. The van der Waals surface area contributed by atoms with Crippen molar-refractivity contribution in [3.63, 3.8) is 0 Å². The molecule has 5 nitrogen and oxygen atoms in total. The van der Waals surface area contributed by atoms with Crippen molar-refractivity contribution in [3.05, 3.63) is 41.5 Å². The number of hydrogen-bond donors (Lipinski definition) is 1. The first-order valence-corrected chi connectivity index (χ1v) is 3.16. The minimum atomic E-state index is -1.31. The van der Waals surface area contributed by atoms with E-state index in [-0.39, 0.29) is 34.3 Å². The van der Waals surface area contributed by atoms with Crippen LogP contribution < -0.4 is 5.11 Å². The molecule has 0 saturated heterocycles. The third-order valence-corrected chi connectivity index (χ3v) is 1.37. The number of rotatable bonds is 2. The Labute approximate surface area is 90.8 Å². The van der Waals surface area contributed by atoms with Crippen LogP contribution in [0.5, 0.6) is 0 Å². The van der Waals surface area contributed by atoms with Crippen molar-refractivity contribution in [1.82, 2.24) is 0 Å². The van der Waals surface area contributed by atoms with Crippen LogP contribution in [0.2, 0.25) is 0 Å². The molecule has 1 aromatic rings. The molecule has 0 saturated carbocycles. The maximum atomic E-state index is 10.3. The van der Waals surface area contributed by atoms with Gasteiger partial charge in [0.2, 0.25) is 0 Å². The van der Waals surface area contributed by atoms with Gasteiger partial charge in [0.15, 0.2) is 0 Å². The molecule has 0 bridgehead atoms. The van der Waals surface area contributed by atoms with Gasteiger partial charge >= 0.3 is 23.0 Å². The average Bonchev–Trinajstić information content (AvgIpc) is 2.04. The molecule has 0 unspecified atom stereocenters. The summed E-state index contributed by atoms with van der Waals surface area (Å²) in [7, 11) is 0. The summed E-state index contributed by atoms with van der Waals surface area (Å²) in [6.07, 6.45) is 0. The molecule has 0 spiro atoms. The Morgan fingerprint density at radius 2 is 1.43 bits per heavy atom. The van der Waals surface area contributed by atoms with Gasteiger partial charge < -0.3 is 21.2 Å². The summed E-state index contributed by atoms with van der Waals surface area (Å²) in [5, 5.41) is 18.7. The van der Waals surface area contributed by atoms with Gasteiger partial charge in [-0.3, -0.25) is 0 Å². The molecule has 1 rings (SSSR count). The normalized spacial score (nSPS) is 8.00. The maximum absolute atomic E-state index is 10.3. The van der Waals surface area contributed by atoms with Gasteiger partial charge in [-0.2, -0.15) is 0 Å². The molecule has 0 atom stereocenters. The van der Waals surface area contributed by atoms with Crippen LogP contribution in [0.25, 0.3) is 6.15 Å². The van der Waals surface area contributed by atoms with Crippen molar-refractivity contribution >= 4 is 11.9 Å². The van der Waals surface area contributed by atoms with Crippen molar-refractivity contribution in [3.8, 4) is 0 Å². The second-order valence-electron chi connectivity index (χ2n) is 2.17. The number of benzene rings is 1. The van der Waals surface area contributed by atoms with E-state index in [4.69, 9.17) is 5.11 Å². The molecule has 0 aliphatic heterocycles. The molecule has 1 radical (unpaired) electrons. The molecule has 0 heterocycles. The first-order chi connectivity index (χ1) is 5.61. The van der Waals surface area contributed by atoms with Gasteiger partial charge in [-0.25, -0.2) is 4.79 Å². The second-order valence-corrected chi connectivity index (χ2v) is 2.17. The molecule has 0 aliphatic rings. The minimum Gasteiger partial charge on any atom is -0.693 e. The largest absolute Gasteiger partial charge is 2.00 e. The zero-order valence-electron chi connectivity index (χ0n) is 6.86. The molecule has 1 aromatic carbocycles. The molecular formula is C8H7CuNO4. The van der Waals surface area contributed by atoms with Gasteiger partial charge in [-0.15, -0.1) is 0 Å². The van der Waals surface area contributed by atoms with E-state index in [1.165, 1.54) is 24.3 Å². The number of aromatic carboxylic acids is 2. The van der Waals surface area contributed by atoms with E-state index in [0.717, 1.165) is 0 Å². The predicted octanol–water partition coefficient (Wildman–Crippen LogP) is 0.463. The number of carbonyl (C=O) groups excluding carboxylic acids is 1. The fourth-order valence-corrected chi connectivity index (χ4v) is 0.749. The molecule has 0 amide bonds. The Hall–Kier alpha value is -1.36. The summed E-state index contributed by atoms with van der Waals surface area (Å²) in [5.41, 5.74) is 0.0278. The van der Waals surface area contributed by atoms with Crippen LogP contribution in [0.15, 0.2) is 24.3 Å². The topological polar surface area (TPSA) is 111 Å². The molecular weight excluding hydrogens is 238 g/mol. The van der Waals surface area contributed by atoms with Crippen LogP contribution in [0.3, 0.4) is 0 Å². The Morgan fingerprint density at radius 1 is 1.07 bits per heavy atom. The van der Waals surface area contributed by atoms with Gasteiger partial charge in [0.1, 0.15) is 0 Å². The SMILES string of the molecule is O=C([O-])c1ccc(C(=O)O)cc1.[Cu+2].[NH2-]. The average molecular weight is 245 g/mol. The first-order valence-electron chi connectivity index (χ1n) is 3.16. The molecule has 0 aliphatic carbocycles. The van der Waals surface area contributed by atoms with Crippen molar-refractivity contribution in [2.75, 3.05) is 0 Å². The van der Waals surface area contributed by atoms with Crippen molar-refractivity contribution in [1.29, 1.82) is 0 Å². The van der Waals surface area contributed by atoms with Gasteiger partial charge in [0.05, 0.1) is 11.5 Å². The fraction of sp³-hybridized carbons (Fsp3) is 0. The standard InChI is InChI=1S/C8H6O4.Cu.H2N/c9-7(10)5-1-2-6(4-3-5)8(11)12;;/h1-4H,(H,9,10)(H,11,12);;1H2/q;+2;-1/p-1. The van der Waals surface area contributed by atoms with Crippen LogP contribution in [-0.2, 0) is 17.1 Å². The Morgan fingerprint density at radius 3 is 1.71 bits per heavy atom. The predicted molar refractivity (Wildman–Crippen MR) is 43.0 cm³/mol. The van der Waals surface area contributed by atoms with Gasteiger partial charge in [-0.05, 0) is 17.7 Å². The Balaban J connectivity index is 0. The van der Waals surface area contributed by atoms with E-state index in [0.29, 0.717) is 0 Å². The van der Waals surface area contributed by atoms with Gasteiger partial charge in [-0.1, -0.05) is 12.1 Å². The third-order valence-electron chi connectivity index (χ3n) is 1.37. The van der Waals surface area contributed by atoms with E-state index in [1.807, 2.05) is 0 Å². The summed E-state index contributed by atoms with van der Waals surface area (Å²) < 4.78 is 0. The molecule has 3 N–H and O–H groups in total. The maximum Gasteiger partial charge on any atom is 2.00 e. The molecule has 6 heteroatoms. The second kappa shape index (κ2) is 6.15. The van der Waals surface area contributed by atoms with Crippen LogP contribution >= 0.6 is 0 Å². The van der Waals surface area contributed by atoms with E-state index >= 15 is 0 Å². The fourth-order valence-electron chi connectivity index (χ4n) is 0.749. The summed E-state index contributed by atoms with van der Waals surface area (Å²) in [6.45, 7) is 0. The summed E-state index contributed by atoms with van der Waals surface area (Å²) in [4.78, 5) is 20.5. The van der Waals surface area contributed by atoms with Crippen LogP contribution in [0.1, 0.15) is 20.7 Å². The number of nitrogens with two attached hydrogens (primary N) is 1. The minimum absolute atomic E-state index is 0. The third kappa shape index (κ3) is 3.57. The zero-order valence-corrected chi connectivity index (χ0v) is 7.80. The smallest absolute Gasteiger partial charge is 0.693 e. The van der Waals surface area contributed by atoms with Gasteiger partial charge in [0, 0.05) is 0 Å². The first kappa shape index (κ1) is 15.1. The summed E-state index contributed by atoms with van der Waals surface area (Å²) in [6, 6.07) is 4.82. The van der Waals surface area contributed by atoms with E-state index < -0.39 is 11.9 Å². The number of carboxylic acids is 2. The van der Waals surface area contributed by atoms with Crippen LogP contribution in [-0.4, -0.2) is 17.0 Å². The Bertz CT molecular complexity index is 290. The molecule has 0 aromatic heterocycles. The van der Waals surface area contributed by atoms with Gasteiger partial charge in [0.25, 0.3) is 0 Å². The Kier molecular flexibility index (Phi) is 6.64. The van der Waals surface area contributed by atoms with Crippen LogP contribution in [0, 0.1) is 0 Å². The van der Waals surface area contributed by atoms with E-state index in [1.54, 1.807) is 0 Å². The van der Waals surface area contributed by atoms with Crippen molar-refractivity contribution in [2.45, 2.75) is 0 Å².